The summed E-state index contributed by atoms with van der Waals surface area (Å²) in [6, 6.07) is 26.1. The van der Waals surface area contributed by atoms with E-state index in [0.717, 1.165) is 67.6 Å². The third kappa shape index (κ3) is 5.10. The number of nitrogens with zero attached hydrogens (tertiary/aromatic N) is 2. The third-order valence-electron chi connectivity index (χ3n) is 7.13. The molecular formula is C30H33N3O2. The highest BCUT2D eigenvalue weighted by molar-refractivity contribution is 6.09. The van der Waals surface area contributed by atoms with Gasteiger partial charge < -0.3 is 19.9 Å². The van der Waals surface area contributed by atoms with E-state index in [4.69, 9.17) is 0 Å². The average Bonchev–Trinajstić information content (AvgIpc) is 3.17. The lowest BCUT2D eigenvalue weighted by Crippen LogP contribution is -2.45. The summed E-state index contributed by atoms with van der Waals surface area (Å²) in [6.07, 6.45) is 4.18. The molecule has 2 heterocycles. The monoisotopic (exact) mass is 467 g/mol. The van der Waals surface area contributed by atoms with E-state index >= 15 is 0 Å². The van der Waals surface area contributed by atoms with E-state index in [1.54, 1.807) is 12.1 Å². The number of benzene rings is 3. The molecule has 0 aliphatic carbocycles. The standard InChI is InChI=1S/C30H33N3O2/c1-22-29(27-21-26(34)14-15-28(27)33(22)25-12-6-3-7-13-25)30(35)31-24-16-19-32(20-17-24)18-8-11-23-9-4-2-5-10-23/h2-7,9-10,12-15,21,24,34H,8,11,16-20H2,1H3,(H,31,35). The van der Waals surface area contributed by atoms with Gasteiger partial charge in [0.1, 0.15) is 5.75 Å². The first-order chi connectivity index (χ1) is 17.1. The number of carbonyl (C=O) groups is 1. The molecule has 0 unspecified atom stereocenters. The lowest BCUT2D eigenvalue weighted by atomic mass is 10.0. The number of phenols is 1. The Morgan fingerprint density at radius 1 is 0.971 bits per heavy atom. The first kappa shape index (κ1) is 23.2. The maximum absolute atomic E-state index is 13.5. The normalized spacial score (nSPS) is 14.9. The van der Waals surface area contributed by atoms with E-state index < -0.39 is 0 Å². The van der Waals surface area contributed by atoms with Crippen LogP contribution in [0, 0.1) is 6.92 Å². The summed E-state index contributed by atoms with van der Waals surface area (Å²) in [7, 11) is 0. The fourth-order valence-corrected chi connectivity index (χ4v) is 5.31. The highest BCUT2D eigenvalue weighted by Crippen LogP contribution is 2.32. The van der Waals surface area contributed by atoms with Gasteiger partial charge in [0.2, 0.25) is 0 Å². The maximum atomic E-state index is 13.5. The number of aryl methyl sites for hydroxylation is 1. The van der Waals surface area contributed by atoms with Crippen LogP contribution in [0.5, 0.6) is 5.75 Å². The number of amides is 1. The molecule has 1 aliphatic heterocycles. The summed E-state index contributed by atoms with van der Waals surface area (Å²) in [5, 5.41) is 14.2. The summed E-state index contributed by atoms with van der Waals surface area (Å²) in [5.41, 5.74) is 4.84. The highest BCUT2D eigenvalue weighted by Gasteiger charge is 2.25. The molecule has 1 saturated heterocycles. The summed E-state index contributed by atoms with van der Waals surface area (Å²) >= 11 is 0. The van der Waals surface area contributed by atoms with Crippen molar-refractivity contribution in [2.24, 2.45) is 0 Å². The molecule has 1 amide bonds. The zero-order valence-electron chi connectivity index (χ0n) is 20.3. The Morgan fingerprint density at radius 2 is 1.66 bits per heavy atom. The van der Waals surface area contributed by atoms with Gasteiger partial charge >= 0.3 is 0 Å². The van der Waals surface area contributed by atoms with Crippen molar-refractivity contribution in [3.05, 3.63) is 95.7 Å². The van der Waals surface area contributed by atoms with Crippen LogP contribution in [0.1, 0.15) is 40.9 Å². The molecular weight excluding hydrogens is 434 g/mol. The molecule has 0 bridgehead atoms. The van der Waals surface area contributed by atoms with Crippen molar-refractivity contribution in [1.82, 2.24) is 14.8 Å². The lowest BCUT2D eigenvalue weighted by Gasteiger charge is -2.32. The van der Waals surface area contributed by atoms with E-state index in [1.807, 2.05) is 43.3 Å². The fraction of sp³-hybridized carbons (Fsp3) is 0.300. The van der Waals surface area contributed by atoms with Crippen LogP contribution in [0.3, 0.4) is 0 Å². The molecule has 0 atom stereocenters. The van der Waals surface area contributed by atoms with Gasteiger partial charge in [0, 0.05) is 35.9 Å². The quantitative estimate of drug-likeness (QED) is 0.379. The number of likely N-dealkylation sites (tertiary alicyclic amines) is 1. The van der Waals surface area contributed by atoms with Gasteiger partial charge in [-0.3, -0.25) is 4.79 Å². The second-order valence-electron chi connectivity index (χ2n) is 9.51. The van der Waals surface area contributed by atoms with Gasteiger partial charge in [-0.05, 0) is 75.0 Å². The van der Waals surface area contributed by atoms with E-state index in [1.165, 1.54) is 5.56 Å². The molecule has 5 heteroatoms. The first-order valence-corrected chi connectivity index (χ1v) is 12.6. The van der Waals surface area contributed by atoms with Crippen LogP contribution in [0.15, 0.2) is 78.9 Å². The number of hydrogen-bond donors (Lipinski definition) is 2. The summed E-state index contributed by atoms with van der Waals surface area (Å²) in [6.45, 7) is 5.09. The van der Waals surface area contributed by atoms with E-state index in [-0.39, 0.29) is 17.7 Å². The molecule has 0 saturated carbocycles. The number of phenolic OH excluding ortho intramolecular Hbond substituents is 1. The fourth-order valence-electron chi connectivity index (χ4n) is 5.31. The van der Waals surface area contributed by atoms with Crippen molar-refractivity contribution >= 4 is 16.8 Å². The van der Waals surface area contributed by atoms with Gasteiger partial charge in [0.25, 0.3) is 5.91 Å². The first-order valence-electron chi connectivity index (χ1n) is 12.6. The van der Waals surface area contributed by atoms with Crippen LogP contribution in [-0.4, -0.2) is 46.2 Å². The predicted molar refractivity (Wildman–Crippen MR) is 141 cm³/mol. The van der Waals surface area contributed by atoms with Crippen LogP contribution in [0.4, 0.5) is 0 Å². The number of hydrogen-bond acceptors (Lipinski definition) is 3. The van der Waals surface area contributed by atoms with Crippen molar-refractivity contribution < 1.29 is 9.90 Å². The number of fused-ring (bicyclic) bond motifs is 1. The molecule has 180 valence electrons. The minimum atomic E-state index is -0.0599. The summed E-state index contributed by atoms with van der Waals surface area (Å²) in [4.78, 5) is 16.0. The molecule has 3 aromatic carbocycles. The SMILES string of the molecule is Cc1c(C(=O)NC2CCN(CCCc3ccccc3)CC2)c2cc(O)ccc2n1-c1ccccc1. The third-order valence-corrected chi connectivity index (χ3v) is 7.13. The Labute approximate surface area is 207 Å². The van der Waals surface area contributed by atoms with Gasteiger partial charge in [-0.25, -0.2) is 0 Å². The van der Waals surface area contributed by atoms with E-state index in [9.17, 15) is 9.90 Å². The van der Waals surface area contributed by atoms with Crippen LogP contribution in [-0.2, 0) is 6.42 Å². The second kappa shape index (κ2) is 10.4. The van der Waals surface area contributed by atoms with Gasteiger partial charge in [0.15, 0.2) is 0 Å². The smallest absolute Gasteiger partial charge is 0.253 e. The Bertz CT molecular complexity index is 1290. The Hall–Kier alpha value is -3.57. The summed E-state index contributed by atoms with van der Waals surface area (Å²) < 4.78 is 2.10. The zero-order valence-corrected chi connectivity index (χ0v) is 20.3. The van der Waals surface area contributed by atoms with Crippen LogP contribution >= 0.6 is 0 Å². The number of nitrogens with one attached hydrogen (secondary N) is 1. The van der Waals surface area contributed by atoms with E-state index in [2.05, 4.69) is 45.1 Å². The van der Waals surface area contributed by atoms with Crippen molar-refractivity contribution in [2.45, 2.75) is 38.6 Å². The van der Waals surface area contributed by atoms with E-state index in [0.29, 0.717) is 5.56 Å². The molecule has 5 nitrogen and oxygen atoms in total. The summed E-state index contributed by atoms with van der Waals surface area (Å²) in [5.74, 6) is 0.107. The van der Waals surface area contributed by atoms with Crippen LogP contribution in [0.25, 0.3) is 16.6 Å². The average molecular weight is 468 g/mol. The topological polar surface area (TPSA) is 57.5 Å². The molecule has 1 fully saturated rings. The Kier molecular flexibility index (Phi) is 6.87. The largest absolute Gasteiger partial charge is 0.508 e. The number of aromatic nitrogens is 1. The number of rotatable bonds is 7. The molecule has 35 heavy (non-hydrogen) atoms. The number of aromatic hydroxyl groups is 1. The van der Waals surface area contributed by atoms with Gasteiger partial charge in [-0.15, -0.1) is 0 Å². The lowest BCUT2D eigenvalue weighted by molar-refractivity contribution is 0.0912. The second-order valence-corrected chi connectivity index (χ2v) is 9.51. The zero-order chi connectivity index (χ0) is 24.2. The van der Waals surface area contributed by atoms with Crippen molar-refractivity contribution in [3.63, 3.8) is 0 Å². The minimum absolute atomic E-state index is 0.0599. The number of para-hydroxylation sites is 1. The van der Waals surface area contributed by atoms with Crippen molar-refractivity contribution in [1.29, 1.82) is 0 Å². The Balaban J connectivity index is 1.25. The molecule has 5 rings (SSSR count). The molecule has 2 N–H and O–H groups in total. The van der Waals surface area contributed by atoms with Crippen molar-refractivity contribution in [3.8, 4) is 11.4 Å². The van der Waals surface area contributed by atoms with Crippen molar-refractivity contribution in [2.75, 3.05) is 19.6 Å². The molecule has 0 radical (unpaired) electrons. The number of piperidine rings is 1. The predicted octanol–water partition coefficient (Wildman–Crippen LogP) is 5.47. The molecule has 1 aliphatic rings. The van der Waals surface area contributed by atoms with Gasteiger partial charge in [0.05, 0.1) is 11.1 Å². The maximum Gasteiger partial charge on any atom is 0.253 e. The van der Waals surface area contributed by atoms with Gasteiger partial charge in [-0.2, -0.15) is 0 Å². The minimum Gasteiger partial charge on any atom is -0.508 e. The van der Waals surface area contributed by atoms with Gasteiger partial charge in [-0.1, -0.05) is 48.5 Å². The molecule has 4 aromatic rings. The van der Waals surface area contributed by atoms with Crippen LogP contribution in [0.2, 0.25) is 0 Å². The van der Waals surface area contributed by atoms with Crippen LogP contribution < -0.4 is 5.32 Å². The Morgan fingerprint density at radius 3 is 2.37 bits per heavy atom. The highest BCUT2D eigenvalue weighted by atomic mass is 16.3. The number of carbonyl (C=O) groups excluding carboxylic acids is 1. The molecule has 1 aromatic heterocycles. The molecule has 0 spiro atoms.